The summed E-state index contributed by atoms with van der Waals surface area (Å²) >= 11 is 2.10. The van der Waals surface area contributed by atoms with Gasteiger partial charge in [-0.2, -0.15) is 11.8 Å². The van der Waals surface area contributed by atoms with Crippen molar-refractivity contribution in [1.29, 1.82) is 0 Å². The van der Waals surface area contributed by atoms with Crippen LogP contribution in [0.5, 0.6) is 0 Å². The van der Waals surface area contributed by atoms with Crippen molar-refractivity contribution in [3.8, 4) is 0 Å². The highest BCUT2D eigenvalue weighted by Gasteiger charge is 2.36. The summed E-state index contributed by atoms with van der Waals surface area (Å²) in [6.07, 6.45) is 9.68. The Kier molecular flexibility index (Phi) is 4.98. The first-order valence-corrected chi connectivity index (χ1v) is 8.06. The van der Waals surface area contributed by atoms with Crippen LogP contribution in [0.4, 0.5) is 0 Å². The third-order valence-electron chi connectivity index (χ3n) is 4.33. The Labute approximate surface area is 104 Å². The summed E-state index contributed by atoms with van der Waals surface area (Å²) in [5.41, 5.74) is 6.47. The second kappa shape index (κ2) is 6.27. The third kappa shape index (κ3) is 2.93. The fourth-order valence-electron chi connectivity index (χ4n) is 3.12. The van der Waals surface area contributed by atoms with Gasteiger partial charge in [-0.05, 0) is 50.3 Å². The van der Waals surface area contributed by atoms with Crippen LogP contribution in [-0.2, 0) is 0 Å². The van der Waals surface area contributed by atoms with E-state index >= 15 is 0 Å². The number of hydrogen-bond acceptors (Lipinski definition) is 3. The smallest absolute Gasteiger partial charge is 0.0347 e. The van der Waals surface area contributed by atoms with E-state index in [9.17, 15) is 0 Å². The van der Waals surface area contributed by atoms with Gasteiger partial charge < -0.3 is 5.73 Å². The van der Waals surface area contributed by atoms with Crippen LogP contribution in [0.3, 0.4) is 0 Å². The average Bonchev–Trinajstić information content (AvgIpc) is 2.29. The molecule has 2 heterocycles. The predicted octanol–water partition coefficient (Wildman–Crippen LogP) is 2.48. The van der Waals surface area contributed by atoms with E-state index in [1.165, 1.54) is 69.5 Å². The average molecular weight is 242 g/mol. The number of hydrogen-bond donors (Lipinski definition) is 1. The lowest BCUT2D eigenvalue weighted by molar-refractivity contribution is 0.0755. The molecule has 2 aliphatic heterocycles. The van der Waals surface area contributed by atoms with Crippen molar-refractivity contribution >= 4 is 11.8 Å². The molecule has 0 atom stereocenters. The van der Waals surface area contributed by atoms with Crippen molar-refractivity contribution in [2.75, 3.05) is 31.1 Å². The zero-order valence-corrected chi connectivity index (χ0v) is 11.2. The molecule has 2 saturated heterocycles. The molecule has 0 aromatic heterocycles. The van der Waals surface area contributed by atoms with E-state index in [1.807, 2.05) is 0 Å². The highest BCUT2D eigenvalue weighted by molar-refractivity contribution is 7.99. The van der Waals surface area contributed by atoms with Crippen molar-refractivity contribution in [2.45, 2.75) is 50.5 Å². The first-order chi connectivity index (χ1) is 7.87. The Morgan fingerprint density at radius 2 is 1.50 bits per heavy atom. The summed E-state index contributed by atoms with van der Waals surface area (Å²) in [6, 6.07) is 0. The zero-order chi connectivity index (χ0) is 11.3. The molecule has 0 spiro atoms. The fourth-order valence-corrected chi connectivity index (χ4v) is 4.38. The van der Waals surface area contributed by atoms with Gasteiger partial charge in [0.05, 0.1) is 0 Å². The molecule has 2 aliphatic rings. The molecular weight excluding hydrogens is 216 g/mol. The number of rotatable bonds is 2. The molecule has 94 valence electrons. The van der Waals surface area contributed by atoms with E-state index in [-0.39, 0.29) is 0 Å². The maximum atomic E-state index is 6.11. The quantitative estimate of drug-likeness (QED) is 0.806. The summed E-state index contributed by atoms with van der Waals surface area (Å²) in [5, 5.41) is 0. The van der Waals surface area contributed by atoms with Gasteiger partial charge in [-0.3, -0.25) is 4.90 Å². The zero-order valence-electron chi connectivity index (χ0n) is 10.4. The Morgan fingerprint density at radius 3 is 2.06 bits per heavy atom. The van der Waals surface area contributed by atoms with E-state index in [1.54, 1.807) is 0 Å². The van der Waals surface area contributed by atoms with Crippen molar-refractivity contribution in [1.82, 2.24) is 4.90 Å². The summed E-state index contributed by atoms with van der Waals surface area (Å²) < 4.78 is 0. The monoisotopic (exact) mass is 242 g/mol. The molecule has 2 nitrogen and oxygen atoms in total. The van der Waals surface area contributed by atoms with Gasteiger partial charge in [0.1, 0.15) is 0 Å². The minimum atomic E-state index is 0.364. The van der Waals surface area contributed by atoms with Gasteiger partial charge in [-0.25, -0.2) is 0 Å². The molecule has 0 aromatic carbocycles. The van der Waals surface area contributed by atoms with Gasteiger partial charge in [0.15, 0.2) is 0 Å². The molecular formula is C13H26N2S. The van der Waals surface area contributed by atoms with Crippen LogP contribution in [0.2, 0.25) is 0 Å². The Morgan fingerprint density at radius 1 is 0.938 bits per heavy atom. The molecule has 2 rings (SSSR count). The predicted molar refractivity (Wildman–Crippen MR) is 73.0 cm³/mol. The van der Waals surface area contributed by atoms with E-state index in [4.69, 9.17) is 5.73 Å². The second-order valence-corrected chi connectivity index (χ2v) is 6.52. The van der Waals surface area contributed by atoms with Crippen LogP contribution in [0.25, 0.3) is 0 Å². The summed E-state index contributed by atoms with van der Waals surface area (Å²) in [5.74, 6) is 2.63. The lowest BCUT2D eigenvalue weighted by Crippen LogP contribution is -2.56. The maximum Gasteiger partial charge on any atom is 0.0347 e. The minimum Gasteiger partial charge on any atom is -0.329 e. The second-order valence-electron chi connectivity index (χ2n) is 5.30. The van der Waals surface area contributed by atoms with Crippen LogP contribution in [-0.4, -0.2) is 41.6 Å². The van der Waals surface area contributed by atoms with Crippen LogP contribution in [0.1, 0.15) is 44.9 Å². The third-order valence-corrected chi connectivity index (χ3v) is 5.32. The SMILES string of the molecule is NCC1(N2CCCCCCC2)CCSCC1. The van der Waals surface area contributed by atoms with Gasteiger partial charge in [0.2, 0.25) is 0 Å². The number of nitrogens with zero attached hydrogens (tertiary/aromatic N) is 1. The van der Waals surface area contributed by atoms with Gasteiger partial charge in [0.25, 0.3) is 0 Å². The van der Waals surface area contributed by atoms with Gasteiger partial charge >= 0.3 is 0 Å². The molecule has 2 fully saturated rings. The first kappa shape index (κ1) is 12.7. The summed E-state index contributed by atoms with van der Waals surface area (Å²) in [4.78, 5) is 2.74. The number of nitrogens with two attached hydrogens (primary N) is 1. The van der Waals surface area contributed by atoms with Crippen LogP contribution >= 0.6 is 11.8 Å². The van der Waals surface area contributed by atoms with Crippen LogP contribution in [0, 0.1) is 0 Å². The standard InChI is InChI=1S/C13H26N2S/c14-12-13(6-10-16-11-7-13)15-8-4-2-1-3-5-9-15/h1-12,14H2. The molecule has 0 saturated carbocycles. The fraction of sp³-hybridized carbons (Fsp3) is 1.00. The van der Waals surface area contributed by atoms with E-state index in [0.29, 0.717) is 5.54 Å². The van der Waals surface area contributed by atoms with Gasteiger partial charge in [-0.15, -0.1) is 0 Å². The number of likely N-dealkylation sites (tertiary alicyclic amines) is 1. The molecule has 0 aliphatic carbocycles. The molecule has 0 bridgehead atoms. The van der Waals surface area contributed by atoms with Gasteiger partial charge in [-0.1, -0.05) is 19.3 Å². The highest BCUT2D eigenvalue weighted by atomic mass is 32.2. The first-order valence-electron chi connectivity index (χ1n) is 6.90. The van der Waals surface area contributed by atoms with Crippen LogP contribution in [0.15, 0.2) is 0 Å². The number of thioether (sulfide) groups is 1. The van der Waals surface area contributed by atoms with Crippen molar-refractivity contribution in [2.24, 2.45) is 5.73 Å². The normalized spacial score (nSPS) is 28.3. The molecule has 16 heavy (non-hydrogen) atoms. The molecule has 0 radical (unpaired) electrons. The maximum absolute atomic E-state index is 6.11. The largest absolute Gasteiger partial charge is 0.329 e. The Balaban J connectivity index is 1.99. The van der Waals surface area contributed by atoms with E-state index in [2.05, 4.69) is 16.7 Å². The molecule has 0 amide bonds. The Hall–Kier alpha value is 0.270. The molecule has 0 unspecified atom stereocenters. The lowest BCUT2D eigenvalue weighted by Gasteiger charge is -2.46. The van der Waals surface area contributed by atoms with E-state index < -0.39 is 0 Å². The minimum absolute atomic E-state index is 0.364. The van der Waals surface area contributed by atoms with Crippen molar-refractivity contribution in [3.63, 3.8) is 0 Å². The Bertz CT molecular complexity index is 194. The summed E-state index contributed by atoms with van der Waals surface area (Å²) in [6.45, 7) is 3.46. The molecule has 3 heteroatoms. The highest BCUT2D eigenvalue weighted by Crippen LogP contribution is 2.33. The van der Waals surface area contributed by atoms with Gasteiger partial charge in [0, 0.05) is 12.1 Å². The van der Waals surface area contributed by atoms with Crippen molar-refractivity contribution < 1.29 is 0 Å². The lowest BCUT2D eigenvalue weighted by atomic mass is 9.88. The van der Waals surface area contributed by atoms with E-state index in [0.717, 1.165) is 6.54 Å². The van der Waals surface area contributed by atoms with Crippen LogP contribution < -0.4 is 5.73 Å². The molecule has 2 N–H and O–H groups in total. The topological polar surface area (TPSA) is 29.3 Å². The summed E-state index contributed by atoms with van der Waals surface area (Å²) in [7, 11) is 0. The molecule has 0 aromatic rings. The van der Waals surface area contributed by atoms with Crippen molar-refractivity contribution in [3.05, 3.63) is 0 Å².